The standard InChI is InChI=1S/C14H16N4O4/c1-2-10(9-19)15-14(20)13-7-8-17(16-13)11-3-5-12(6-4-11)18(21)22/h3-8,10,19H,2,9H2,1H3,(H,15,20). The van der Waals surface area contributed by atoms with Crippen LogP contribution in [0.5, 0.6) is 0 Å². The first kappa shape index (κ1) is 15.6. The quantitative estimate of drug-likeness (QED) is 0.617. The van der Waals surface area contributed by atoms with Gasteiger partial charge in [0.05, 0.1) is 23.3 Å². The fourth-order valence-corrected chi connectivity index (χ4v) is 1.85. The van der Waals surface area contributed by atoms with Gasteiger partial charge in [0.2, 0.25) is 0 Å². The molecule has 0 saturated carbocycles. The molecule has 0 aliphatic rings. The summed E-state index contributed by atoms with van der Waals surface area (Å²) in [6.07, 6.45) is 2.21. The highest BCUT2D eigenvalue weighted by Gasteiger charge is 2.14. The number of hydrogen-bond donors (Lipinski definition) is 2. The number of nitro benzene ring substituents is 1. The Morgan fingerprint density at radius 2 is 2.09 bits per heavy atom. The van der Waals surface area contributed by atoms with Crippen molar-refractivity contribution in [1.82, 2.24) is 15.1 Å². The number of aromatic nitrogens is 2. The summed E-state index contributed by atoms with van der Waals surface area (Å²) in [4.78, 5) is 22.1. The van der Waals surface area contributed by atoms with Crippen molar-refractivity contribution in [2.24, 2.45) is 0 Å². The highest BCUT2D eigenvalue weighted by Crippen LogP contribution is 2.15. The van der Waals surface area contributed by atoms with Crippen LogP contribution in [-0.2, 0) is 0 Å². The average molecular weight is 304 g/mol. The molecule has 1 unspecified atom stereocenters. The maximum atomic E-state index is 12.0. The molecular weight excluding hydrogens is 288 g/mol. The third-order valence-electron chi connectivity index (χ3n) is 3.20. The summed E-state index contributed by atoms with van der Waals surface area (Å²) in [6.45, 7) is 1.72. The van der Waals surface area contributed by atoms with Crippen molar-refractivity contribution in [2.75, 3.05) is 6.61 Å². The lowest BCUT2D eigenvalue weighted by Gasteiger charge is -2.12. The molecule has 0 bridgehead atoms. The minimum atomic E-state index is -0.481. The number of nitro groups is 1. The van der Waals surface area contributed by atoms with Crippen molar-refractivity contribution < 1.29 is 14.8 Å². The van der Waals surface area contributed by atoms with Crippen LogP contribution in [0.4, 0.5) is 5.69 Å². The number of carbonyl (C=O) groups excluding carboxylic acids is 1. The maximum absolute atomic E-state index is 12.0. The smallest absolute Gasteiger partial charge is 0.272 e. The molecule has 0 aliphatic heterocycles. The van der Waals surface area contributed by atoms with E-state index in [9.17, 15) is 14.9 Å². The van der Waals surface area contributed by atoms with Gasteiger partial charge in [-0.3, -0.25) is 14.9 Å². The SMILES string of the molecule is CCC(CO)NC(=O)c1ccn(-c2ccc([N+](=O)[O-])cc2)n1. The molecule has 1 heterocycles. The highest BCUT2D eigenvalue weighted by atomic mass is 16.6. The Kier molecular flexibility index (Phi) is 4.84. The minimum absolute atomic E-state index is 0.0115. The summed E-state index contributed by atoms with van der Waals surface area (Å²) in [5, 5.41) is 26.5. The fourth-order valence-electron chi connectivity index (χ4n) is 1.85. The van der Waals surface area contributed by atoms with Crippen LogP contribution in [0, 0.1) is 10.1 Å². The summed E-state index contributed by atoms with van der Waals surface area (Å²) in [5.74, 6) is -0.374. The Bertz CT molecular complexity index is 662. The van der Waals surface area contributed by atoms with Gasteiger partial charge in [0.25, 0.3) is 11.6 Å². The molecule has 0 radical (unpaired) electrons. The number of amides is 1. The van der Waals surface area contributed by atoms with E-state index in [2.05, 4.69) is 10.4 Å². The fraction of sp³-hybridized carbons (Fsp3) is 0.286. The molecule has 8 nitrogen and oxygen atoms in total. The lowest BCUT2D eigenvalue weighted by molar-refractivity contribution is -0.384. The molecular formula is C14H16N4O4. The van der Waals surface area contributed by atoms with E-state index in [0.717, 1.165) is 0 Å². The second-order valence-electron chi connectivity index (χ2n) is 4.68. The zero-order valence-electron chi connectivity index (χ0n) is 12.0. The first-order chi connectivity index (χ1) is 10.5. The monoisotopic (exact) mass is 304 g/mol. The first-order valence-corrected chi connectivity index (χ1v) is 6.77. The van der Waals surface area contributed by atoms with Gasteiger partial charge < -0.3 is 10.4 Å². The van der Waals surface area contributed by atoms with E-state index in [-0.39, 0.29) is 29.9 Å². The van der Waals surface area contributed by atoms with E-state index in [0.29, 0.717) is 12.1 Å². The normalized spacial score (nSPS) is 11.9. The Morgan fingerprint density at radius 3 is 2.64 bits per heavy atom. The Balaban J connectivity index is 2.13. The van der Waals surface area contributed by atoms with E-state index in [1.54, 1.807) is 24.4 Å². The zero-order chi connectivity index (χ0) is 16.1. The largest absolute Gasteiger partial charge is 0.394 e. The van der Waals surface area contributed by atoms with Crippen molar-refractivity contribution in [3.63, 3.8) is 0 Å². The van der Waals surface area contributed by atoms with Crippen LogP contribution in [0.3, 0.4) is 0 Å². The molecule has 0 aliphatic carbocycles. The van der Waals surface area contributed by atoms with Crippen molar-refractivity contribution >= 4 is 11.6 Å². The van der Waals surface area contributed by atoms with Crippen LogP contribution in [-0.4, -0.2) is 38.4 Å². The second kappa shape index (κ2) is 6.81. The van der Waals surface area contributed by atoms with Crippen LogP contribution < -0.4 is 5.32 Å². The highest BCUT2D eigenvalue weighted by molar-refractivity contribution is 5.92. The first-order valence-electron chi connectivity index (χ1n) is 6.77. The number of nitrogens with one attached hydrogen (secondary N) is 1. The molecule has 1 amide bonds. The van der Waals surface area contributed by atoms with Crippen LogP contribution in [0.1, 0.15) is 23.8 Å². The Morgan fingerprint density at radius 1 is 1.41 bits per heavy atom. The van der Waals surface area contributed by atoms with E-state index in [1.807, 2.05) is 6.92 Å². The molecule has 0 spiro atoms. The van der Waals surface area contributed by atoms with Gasteiger partial charge in [0.15, 0.2) is 5.69 Å². The van der Waals surface area contributed by atoms with Gasteiger partial charge in [0, 0.05) is 18.3 Å². The van der Waals surface area contributed by atoms with Crippen LogP contribution in [0.25, 0.3) is 5.69 Å². The lowest BCUT2D eigenvalue weighted by atomic mass is 10.2. The molecule has 2 aromatic rings. The Hall–Kier alpha value is -2.74. The van der Waals surface area contributed by atoms with Gasteiger partial charge in [-0.2, -0.15) is 5.10 Å². The van der Waals surface area contributed by atoms with Crippen molar-refractivity contribution in [1.29, 1.82) is 0 Å². The number of aliphatic hydroxyl groups is 1. The van der Waals surface area contributed by atoms with Crippen LogP contribution >= 0.6 is 0 Å². The molecule has 0 fully saturated rings. The van der Waals surface area contributed by atoms with Crippen molar-refractivity contribution in [3.8, 4) is 5.69 Å². The second-order valence-corrected chi connectivity index (χ2v) is 4.68. The average Bonchev–Trinajstić information content (AvgIpc) is 3.02. The molecule has 2 N–H and O–H groups in total. The number of hydrogen-bond acceptors (Lipinski definition) is 5. The van der Waals surface area contributed by atoms with Crippen molar-refractivity contribution in [3.05, 3.63) is 52.3 Å². The number of rotatable bonds is 6. The maximum Gasteiger partial charge on any atom is 0.272 e. The minimum Gasteiger partial charge on any atom is -0.394 e. The summed E-state index contributed by atoms with van der Waals surface area (Å²) in [5.41, 5.74) is 0.812. The van der Waals surface area contributed by atoms with E-state index in [1.165, 1.54) is 16.8 Å². The van der Waals surface area contributed by atoms with Gasteiger partial charge in [-0.25, -0.2) is 4.68 Å². The molecule has 116 valence electrons. The number of aliphatic hydroxyl groups excluding tert-OH is 1. The van der Waals surface area contributed by atoms with Gasteiger partial charge in [-0.05, 0) is 24.6 Å². The van der Waals surface area contributed by atoms with Crippen molar-refractivity contribution in [2.45, 2.75) is 19.4 Å². The summed E-state index contributed by atoms with van der Waals surface area (Å²) in [6, 6.07) is 7.08. The molecule has 22 heavy (non-hydrogen) atoms. The van der Waals surface area contributed by atoms with E-state index >= 15 is 0 Å². The molecule has 1 aromatic heterocycles. The van der Waals surface area contributed by atoms with Crippen LogP contribution in [0.15, 0.2) is 36.5 Å². The number of nitrogens with zero attached hydrogens (tertiary/aromatic N) is 3. The molecule has 2 rings (SSSR count). The number of non-ortho nitro benzene ring substituents is 1. The summed E-state index contributed by atoms with van der Waals surface area (Å²) in [7, 11) is 0. The van der Waals surface area contributed by atoms with Gasteiger partial charge in [0.1, 0.15) is 0 Å². The molecule has 1 aromatic carbocycles. The summed E-state index contributed by atoms with van der Waals surface area (Å²) >= 11 is 0. The third-order valence-corrected chi connectivity index (χ3v) is 3.20. The lowest BCUT2D eigenvalue weighted by Crippen LogP contribution is -2.37. The predicted octanol–water partition coefficient (Wildman–Crippen LogP) is 1.28. The van der Waals surface area contributed by atoms with E-state index < -0.39 is 4.92 Å². The van der Waals surface area contributed by atoms with Gasteiger partial charge in [-0.1, -0.05) is 6.92 Å². The predicted molar refractivity (Wildman–Crippen MR) is 78.8 cm³/mol. The van der Waals surface area contributed by atoms with Gasteiger partial charge >= 0.3 is 0 Å². The zero-order valence-corrected chi connectivity index (χ0v) is 12.0. The topological polar surface area (TPSA) is 110 Å². The molecule has 1 atom stereocenters. The molecule has 8 heteroatoms. The summed E-state index contributed by atoms with van der Waals surface area (Å²) < 4.78 is 1.46. The molecule has 0 saturated heterocycles. The Labute approximate surface area is 126 Å². The number of benzene rings is 1. The van der Waals surface area contributed by atoms with E-state index in [4.69, 9.17) is 5.11 Å². The third kappa shape index (κ3) is 3.47. The van der Waals surface area contributed by atoms with Crippen LogP contribution in [0.2, 0.25) is 0 Å². The van der Waals surface area contributed by atoms with Gasteiger partial charge in [-0.15, -0.1) is 0 Å². The number of carbonyl (C=O) groups is 1.